The predicted molar refractivity (Wildman–Crippen MR) is 74.7 cm³/mol. The Morgan fingerprint density at radius 2 is 2.05 bits per heavy atom. The van der Waals surface area contributed by atoms with Crippen LogP contribution in [0.2, 0.25) is 0 Å². The largest absolute Gasteiger partial charge is 0.492 e. The van der Waals surface area contributed by atoms with Crippen LogP contribution in [0.5, 0.6) is 5.75 Å². The Balaban J connectivity index is 1.93. The number of benzene rings is 1. The molecule has 0 aliphatic rings. The number of nitrogens with zero attached hydrogens (tertiary/aromatic N) is 2. The first-order valence-electron chi connectivity index (χ1n) is 6.18. The highest BCUT2D eigenvalue weighted by Crippen LogP contribution is 2.07. The zero-order chi connectivity index (χ0) is 14.4. The Kier molecular flexibility index (Phi) is 4.49. The van der Waals surface area contributed by atoms with Crippen molar-refractivity contribution in [3.05, 3.63) is 53.1 Å². The molecule has 0 aliphatic heterocycles. The molecule has 1 N–H and O–H groups in total. The summed E-state index contributed by atoms with van der Waals surface area (Å²) in [7, 11) is 0. The van der Waals surface area contributed by atoms with E-state index in [1.165, 1.54) is 11.5 Å². The van der Waals surface area contributed by atoms with E-state index in [-0.39, 0.29) is 11.7 Å². The molecule has 0 aliphatic carbocycles. The fourth-order valence-electron chi connectivity index (χ4n) is 1.63. The first kappa shape index (κ1) is 13.8. The first-order valence-corrected chi connectivity index (χ1v) is 6.18. The molecule has 0 atom stereocenters. The molecule has 0 saturated heterocycles. The molecular formula is C14H15N3O3. The van der Waals surface area contributed by atoms with E-state index in [1.54, 1.807) is 12.3 Å². The number of amides is 1. The lowest BCUT2D eigenvalue weighted by molar-refractivity contribution is -0.114. The van der Waals surface area contributed by atoms with Crippen molar-refractivity contribution in [2.75, 3.05) is 11.9 Å². The van der Waals surface area contributed by atoms with E-state index in [1.807, 2.05) is 30.3 Å². The van der Waals surface area contributed by atoms with E-state index in [2.05, 4.69) is 10.3 Å². The molecule has 0 bridgehead atoms. The molecule has 1 aromatic carbocycles. The number of para-hydroxylation sites is 1. The molecule has 6 nitrogen and oxygen atoms in total. The normalized spacial score (nSPS) is 10.1. The summed E-state index contributed by atoms with van der Waals surface area (Å²) < 4.78 is 6.93. The van der Waals surface area contributed by atoms with Crippen LogP contribution in [0.1, 0.15) is 6.92 Å². The van der Waals surface area contributed by atoms with Gasteiger partial charge in [-0.3, -0.25) is 9.36 Å². The molecule has 1 aromatic heterocycles. The van der Waals surface area contributed by atoms with Gasteiger partial charge in [-0.15, -0.1) is 0 Å². The zero-order valence-corrected chi connectivity index (χ0v) is 11.1. The second-order valence-electron chi connectivity index (χ2n) is 4.13. The summed E-state index contributed by atoms with van der Waals surface area (Å²) >= 11 is 0. The van der Waals surface area contributed by atoms with Gasteiger partial charge >= 0.3 is 5.69 Å². The number of hydrogen-bond acceptors (Lipinski definition) is 4. The fourth-order valence-corrected chi connectivity index (χ4v) is 1.63. The Labute approximate surface area is 116 Å². The minimum absolute atomic E-state index is 0.253. The molecule has 0 fully saturated rings. The molecule has 20 heavy (non-hydrogen) atoms. The standard InChI is InChI=1S/C14H15N3O3/c1-11(18)15-13-7-8-17(14(19)16-13)9-10-20-12-5-3-2-4-6-12/h2-8H,9-10H2,1H3,(H,15,16,18,19). The molecule has 0 spiro atoms. The van der Waals surface area contributed by atoms with Crippen molar-refractivity contribution in [2.45, 2.75) is 13.5 Å². The summed E-state index contributed by atoms with van der Waals surface area (Å²) in [6.07, 6.45) is 1.58. The highest BCUT2D eigenvalue weighted by atomic mass is 16.5. The van der Waals surface area contributed by atoms with Crippen LogP contribution in [0.25, 0.3) is 0 Å². The second-order valence-corrected chi connectivity index (χ2v) is 4.13. The van der Waals surface area contributed by atoms with Gasteiger partial charge in [0.2, 0.25) is 5.91 Å². The highest BCUT2D eigenvalue weighted by Gasteiger charge is 2.02. The molecule has 0 saturated carbocycles. The number of nitrogens with one attached hydrogen (secondary N) is 1. The molecule has 0 radical (unpaired) electrons. The number of anilines is 1. The average molecular weight is 273 g/mol. The fraction of sp³-hybridized carbons (Fsp3) is 0.214. The third kappa shape index (κ3) is 3.94. The van der Waals surface area contributed by atoms with Crippen molar-refractivity contribution < 1.29 is 9.53 Å². The first-order chi connectivity index (χ1) is 9.65. The Bertz CT molecular complexity index is 638. The number of carbonyl (C=O) groups excluding carboxylic acids is 1. The van der Waals surface area contributed by atoms with Gasteiger partial charge in [-0.2, -0.15) is 4.98 Å². The van der Waals surface area contributed by atoms with Crippen LogP contribution in [0.15, 0.2) is 47.4 Å². The van der Waals surface area contributed by atoms with Gasteiger partial charge in [0, 0.05) is 13.1 Å². The van der Waals surface area contributed by atoms with Crippen molar-refractivity contribution >= 4 is 11.7 Å². The predicted octanol–water partition coefficient (Wildman–Crippen LogP) is 1.28. The number of rotatable bonds is 5. The molecule has 2 rings (SSSR count). The molecule has 1 amide bonds. The van der Waals surface area contributed by atoms with Crippen molar-refractivity contribution in [1.29, 1.82) is 0 Å². The van der Waals surface area contributed by atoms with E-state index in [0.29, 0.717) is 13.2 Å². The lowest BCUT2D eigenvalue weighted by Crippen LogP contribution is -2.26. The lowest BCUT2D eigenvalue weighted by Gasteiger charge is -2.08. The second kappa shape index (κ2) is 6.51. The van der Waals surface area contributed by atoms with Gasteiger partial charge < -0.3 is 10.1 Å². The maximum Gasteiger partial charge on any atom is 0.349 e. The summed E-state index contributed by atoms with van der Waals surface area (Å²) in [4.78, 5) is 26.3. The smallest absolute Gasteiger partial charge is 0.349 e. The summed E-state index contributed by atoms with van der Waals surface area (Å²) in [6.45, 7) is 2.12. The van der Waals surface area contributed by atoms with E-state index >= 15 is 0 Å². The van der Waals surface area contributed by atoms with E-state index in [0.717, 1.165) is 5.75 Å². The minimum atomic E-state index is -0.423. The van der Waals surface area contributed by atoms with Gasteiger partial charge in [0.25, 0.3) is 0 Å². The zero-order valence-electron chi connectivity index (χ0n) is 11.1. The van der Waals surface area contributed by atoms with Crippen molar-refractivity contribution in [3.63, 3.8) is 0 Å². The van der Waals surface area contributed by atoms with Gasteiger partial charge in [-0.05, 0) is 18.2 Å². The van der Waals surface area contributed by atoms with E-state index in [4.69, 9.17) is 4.74 Å². The average Bonchev–Trinajstić information content (AvgIpc) is 2.42. The van der Waals surface area contributed by atoms with Gasteiger partial charge in [0.1, 0.15) is 18.2 Å². The van der Waals surface area contributed by atoms with E-state index < -0.39 is 5.69 Å². The summed E-state index contributed by atoms with van der Waals surface area (Å²) in [6, 6.07) is 10.9. The number of carbonyl (C=O) groups is 1. The number of hydrogen-bond donors (Lipinski definition) is 1. The van der Waals surface area contributed by atoms with Crippen molar-refractivity contribution in [3.8, 4) is 5.75 Å². The molecule has 0 unspecified atom stereocenters. The van der Waals surface area contributed by atoms with Crippen molar-refractivity contribution in [2.24, 2.45) is 0 Å². The number of aromatic nitrogens is 2. The maximum atomic E-state index is 11.7. The summed E-state index contributed by atoms with van der Waals surface area (Å²) in [5.74, 6) is 0.744. The van der Waals surface area contributed by atoms with Crippen LogP contribution in [0, 0.1) is 0 Å². The number of ether oxygens (including phenoxy) is 1. The summed E-state index contributed by atoms with van der Waals surface area (Å²) in [5, 5.41) is 2.46. The molecular weight excluding hydrogens is 258 g/mol. The Morgan fingerprint density at radius 3 is 2.70 bits per heavy atom. The third-order valence-electron chi connectivity index (χ3n) is 2.52. The third-order valence-corrected chi connectivity index (χ3v) is 2.52. The molecule has 1 heterocycles. The topological polar surface area (TPSA) is 73.2 Å². The SMILES string of the molecule is CC(=O)Nc1ccn(CCOc2ccccc2)c(=O)n1. The minimum Gasteiger partial charge on any atom is -0.492 e. The Hall–Kier alpha value is -2.63. The van der Waals surface area contributed by atoms with Crippen LogP contribution < -0.4 is 15.7 Å². The quantitative estimate of drug-likeness (QED) is 0.890. The van der Waals surface area contributed by atoms with Crippen LogP contribution in [0.3, 0.4) is 0 Å². The van der Waals surface area contributed by atoms with Gasteiger partial charge in [-0.1, -0.05) is 18.2 Å². The van der Waals surface area contributed by atoms with Crippen LogP contribution in [0.4, 0.5) is 5.82 Å². The van der Waals surface area contributed by atoms with Gasteiger partial charge in [0.15, 0.2) is 0 Å². The monoisotopic (exact) mass is 273 g/mol. The molecule has 2 aromatic rings. The molecule has 6 heteroatoms. The van der Waals surface area contributed by atoms with Crippen LogP contribution in [-0.2, 0) is 11.3 Å². The van der Waals surface area contributed by atoms with Crippen LogP contribution in [-0.4, -0.2) is 22.1 Å². The van der Waals surface area contributed by atoms with Crippen LogP contribution >= 0.6 is 0 Å². The summed E-state index contributed by atoms with van der Waals surface area (Å²) in [5.41, 5.74) is -0.423. The van der Waals surface area contributed by atoms with E-state index in [9.17, 15) is 9.59 Å². The van der Waals surface area contributed by atoms with Gasteiger partial charge in [-0.25, -0.2) is 4.79 Å². The van der Waals surface area contributed by atoms with Crippen molar-refractivity contribution in [1.82, 2.24) is 9.55 Å². The molecule has 104 valence electrons. The lowest BCUT2D eigenvalue weighted by atomic mass is 10.3. The van der Waals surface area contributed by atoms with Gasteiger partial charge in [0.05, 0.1) is 6.54 Å². The highest BCUT2D eigenvalue weighted by molar-refractivity contribution is 5.87. The maximum absolute atomic E-state index is 11.7. The Morgan fingerprint density at radius 1 is 1.30 bits per heavy atom.